The van der Waals surface area contributed by atoms with Gasteiger partial charge in [0.1, 0.15) is 6.10 Å². The van der Waals surface area contributed by atoms with Gasteiger partial charge in [-0.1, -0.05) is 38.2 Å². The van der Waals surface area contributed by atoms with E-state index >= 15 is 0 Å². The highest BCUT2D eigenvalue weighted by Gasteiger charge is 2.27. The van der Waals surface area contributed by atoms with E-state index in [9.17, 15) is 20.0 Å². The van der Waals surface area contributed by atoms with Gasteiger partial charge in [0.15, 0.2) is 0 Å². The third-order valence-corrected chi connectivity index (χ3v) is 4.69. The number of aryl methyl sites for hydroxylation is 1. The Kier molecular flexibility index (Phi) is 8.28. The van der Waals surface area contributed by atoms with Gasteiger partial charge in [0.2, 0.25) is 0 Å². The van der Waals surface area contributed by atoms with Gasteiger partial charge in [0.25, 0.3) is 11.6 Å². The SMILES string of the molecule is Cc1ccc([N+](=O)[O-])cc1NC(=O)C(O)[C@H](N)CC1CCCCC1.Cl. The highest BCUT2D eigenvalue weighted by molar-refractivity contribution is 5.95. The maximum Gasteiger partial charge on any atom is 0.271 e. The summed E-state index contributed by atoms with van der Waals surface area (Å²) >= 11 is 0. The highest BCUT2D eigenvalue weighted by atomic mass is 35.5. The number of rotatable bonds is 6. The number of nitro benzene ring substituents is 1. The summed E-state index contributed by atoms with van der Waals surface area (Å²) in [4.78, 5) is 22.5. The lowest BCUT2D eigenvalue weighted by Crippen LogP contribution is -2.44. The van der Waals surface area contributed by atoms with E-state index in [1.54, 1.807) is 13.0 Å². The molecule has 1 unspecified atom stereocenters. The molecular weight excluding hydrogens is 346 g/mol. The number of amides is 1. The average Bonchev–Trinajstić information content (AvgIpc) is 2.56. The molecule has 140 valence electrons. The molecule has 25 heavy (non-hydrogen) atoms. The topological polar surface area (TPSA) is 118 Å². The molecule has 1 fully saturated rings. The molecule has 2 atom stereocenters. The summed E-state index contributed by atoms with van der Waals surface area (Å²) in [6.45, 7) is 1.73. The summed E-state index contributed by atoms with van der Waals surface area (Å²) in [5, 5.41) is 23.6. The maximum absolute atomic E-state index is 12.2. The van der Waals surface area contributed by atoms with Gasteiger partial charge in [-0.05, 0) is 24.8 Å². The number of nitro groups is 1. The van der Waals surface area contributed by atoms with Crippen molar-refractivity contribution in [2.75, 3.05) is 5.32 Å². The Morgan fingerprint density at radius 1 is 1.40 bits per heavy atom. The number of hydrogen-bond acceptors (Lipinski definition) is 5. The minimum absolute atomic E-state index is 0. The molecule has 0 heterocycles. The lowest BCUT2D eigenvalue weighted by atomic mass is 9.84. The lowest BCUT2D eigenvalue weighted by Gasteiger charge is -2.26. The molecule has 1 amide bonds. The van der Waals surface area contributed by atoms with Gasteiger partial charge in [0.05, 0.1) is 10.6 Å². The van der Waals surface area contributed by atoms with Crippen molar-refractivity contribution in [3.63, 3.8) is 0 Å². The largest absolute Gasteiger partial charge is 0.382 e. The number of hydrogen-bond donors (Lipinski definition) is 3. The third kappa shape index (κ3) is 5.95. The van der Waals surface area contributed by atoms with Crippen LogP contribution in [0.3, 0.4) is 0 Å². The zero-order valence-electron chi connectivity index (χ0n) is 14.3. The molecule has 1 aliphatic carbocycles. The minimum atomic E-state index is -1.33. The highest BCUT2D eigenvalue weighted by Crippen LogP contribution is 2.28. The van der Waals surface area contributed by atoms with Crippen molar-refractivity contribution < 1.29 is 14.8 Å². The Morgan fingerprint density at radius 3 is 2.64 bits per heavy atom. The van der Waals surface area contributed by atoms with Gasteiger partial charge in [0, 0.05) is 18.2 Å². The van der Waals surface area contributed by atoms with Crippen LogP contribution >= 0.6 is 12.4 Å². The van der Waals surface area contributed by atoms with Crippen LogP contribution < -0.4 is 11.1 Å². The van der Waals surface area contributed by atoms with E-state index in [1.165, 1.54) is 31.4 Å². The van der Waals surface area contributed by atoms with E-state index in [-0.39, 0.29) is 18.1 Å². The molecule has 1 aromatic carbocycles. The summed E-state index contributed by atoms with van der Waals surface area (Å²) in [7, 11) is 0. The van der Waals surface area contributed by atoms with Gasteiger partial charge in [-0.2, -0.15) is 0 Å². The summed E-state index contributed by atoms with van der Waals surface area (Å²) in [6.07, 6.45) is 5.05. The van der Waals surface area contributed by atoms with Gasteiger partial charge >= 0.3 is 0 Å². The zero-order valence-corrected chi connectivity index (χ0v) is 15.1. The first-order valence-corrected chi connectivity index (χ1v) is 8.38. The number of non-ortho nitro benzene ring substituents is 1. The quantitative estimate of drug-likeness (QED) is 0.524. The monoisotopic (exact) mass is 371 g/mol. The number of nitrogens with zero attached hydrogens (tertiary/aromatic N) is 1. The number of nitrogens with two attached hydrogens (primary N) is 1. The fraction of sp³-hybridized carbons (Fsp3) is 0.588. The van der Waals surface area contributed by atoms with Crippen molar-refractivity contribution in [1.29, 1.82) is 0 Å². The summed E-state index contributed by atoms with van der Waals surface area (Å²) in [6, 6.07) is 3.58. The first-order chi connectivity index (χ1) is 11.4. The average molecular weight is 372 g/mol. The fourth-order valence-electron chi connectivity index (χ4n) is 3.20. The van der Waals surface area contributed by atoms with Gasteiger partial charge < -0.3 is 16.2 Å². The maximum atomic E-state index is 12.2. The van der Waals surface area contributed by atoms with Crippen LogP contribution in [0.15, 0.2) is 18.2 Å². The van der Waals surface area contributed by atoms with Crippen LogP contribution in [0.1, 0.15) is 44.1 Å². The van der Waals surface area contributed by atoms with Crippen molar-refractivity contribution >= 4 is 29.7 Å². The van der Waals surface area contributed by atoms with Gasteiger partial charge in [-0.25, -0.2) is 0 Å². The standard InChI is InChI=1S/C17H25N3O4.ClH/c1-11-7-8-13(20(23)24)10-15(11)19-17(22)16(21)14(18)9-12-5-3-2-4-6-12;/h7-8,10,12,14,16,21H,2-6,9,18H2,1H3,(H,19,22);1H/t14-,16?;/m1./s1. The molecule has 0 bridgehead atoms. The second-order valence-corrected chi connectivity index (χ2v) is 6.59. The van der Waals surface area contributed by atoms with Crippen molar-refractivity contribution in [1.82, 2.24) is 0 Å². The molecule has 0 radical (unpaired) electrons. The minimum Gasteiger partial charge on any atom is -0.382 e. The van der Waals surface area contributed by atoms with Gasteiger partial charge in [-0.15, -0.1) is 12.4 Å². The summed E-state index contributed by atoms with van der Waals surface area (Å²) < 4.78 is 0. The Hall–Kier alpha value is -1.70. The molecule has 1 aromatic rings. The van der Waals surface area contributed by atoms with Crippen LogP contribution in [-0.2, 0) is 4.79 Å². The van der Waals surface area contributed by atoms with Crippen LogP contribution in [-0.4, -0.2) is 28.1 Å². The van der Waals surface area contributed by atoms with Crippen molar-refractivity contribution in [3.8, 4) is 0 Å². The Morgan fingerprint density at radius 2 is 2.04 bits per heavy atom. The number of nitrogens with one attached hydrogen (secondary N) is 1. The van der Waals surface area contributed by atoms with Crippen molar-refractivity contribution in [2.24, 2.45) is 11.7 Å². The van der Waals surface area contributed by atoms with E-state index < -0.39 is 23.0 Å². The van der Waals surface area contributed by atoms with Crippen LogP contribution in [0, 0.1) is 23.0 Å². The van der Waals surface area contributed by atoms with E-state index in [1.807, 2.05) is 0 Å². The van der Waals surface area contributed by atoms with Gasteiger partial charge in [-0.3, -0.25) is 14.9 Å². The Balaban J connectivity index is 0.00000312. The number of carbonyl (C=O) groups is 1. The predicted octanol–water partition coefficient (Wildman–Crippen LogP) is 2.92. The Bertz CT molecular complexity index is 606. The number of carbonyl (C=O) groups excluding carboxylic acids is 1. The third-order valence-electron chi connectivity index (χ3n) is 4.69. The summed E-state index contributed by atoms with van der Waals surface area (Å²) in [5.74, 6) is -0.169. The van der Waals surface area contributed by atoms with E-state index in [4.69, 9.17) is 5.73 Å². The molecule has 0 aliphatic heterocycles. The van der Waals surface area contributed by atoms with E-state index in [0.717, 1.165) is 12.8 Å². The lowest BCUT2D eigenvalue weighted by molar-refractivity contribution is -0.384. The number of benzene rings is 1. The van der Waals surface area contributed by atoms with Crippen LogP contribution in [0.25, 0.3) is 0 Å². The number of anilines is 1. The van der Waals surface area contributed by atoms with Crippen molar-refractivity contribution in [2.45, 2.75) is 57.6 Å². The molecule has 0 saturated heterocycles. The first-order valence-electron chi connectivity index (χ1n) is 8.38. The molecule has 8 heteroatoms. The van der Waals surface area contributed by atoms with E-state index in [0.29, 0.717) is 23.6 Å². The number of aliphatic hydroxyl groups excluding tert-OH is 1. The van der Waals surface area contributed by atoms with Crippen LogP contribution in [0.4, 0.5) is 11.4 Å². The molecular formula is C17H26ClN3O4. The molecule has 2 rings (SSSR count). The molecule has 0 aromatic heterocycles. The summed E-state index contributed by atoms with van der Waals surface area (Å²) in [5.41, 5.74) is 6.89. The zero-order chi connectivity index (χ0) is 17.7. The smallest absolute Gasteiger partial charge is 0.271 e. The number of halogens is 1. The Labute approximate surface area is 153 Å². The molecule has 1 aliphatic rings. The van der Waals surface area contributed by atoms with Crippen LogP contribution in [0.5, 0.6) is 0 Å². The second kappa shape index (κ2) is 9.70. The fourth-order valence-corrected chi connectivity index (χ4v) is 3.20. The van der Waals surface area contributed by atoms with E-state index in [2.05, 4.69) is 5.32 Å². The normalized spacial score (nSPS) is 17.2. The molecule has 7 nitrogen and oxygen atoms in total. The molecule has 4 N–H and O–H groups in total. The molecule has 0 spiro atoms. The van der Waals surface area contributed by atoms with Crippen molar-refractivity contribution in [3.05, 3.63) is 33.9 Å². The second-order valence-electron chi connectivity index (χ2n) is 6.59. The van der Waals surface area contributed by atoms with Crippen LogP contribution in [0.2, 0.25) is 0 Å². The first kappa shape index (κ1) is 21.3. The predicted molar refractivity (Wildman–Crippen MR) is 98.9 cm³/mol. The number of aliphatic hydroxyl groups is 1. The molecule has 1 saturated carbocycles.